The lowest BCUT2D eigenvalue weighted by Gasteiger charge is -2.36. The van der Waals surface area contributed by atoms with Gasteiger partial charge >= 0.3 is 0 Å². The summed E-state index contributed by atoms with van der Waals surface area (Å²) >= 11 is 6.09. The SMILES string of the molecule is CNCCc1ccccc1C(=O)N1CCN(c2cccc(Cl)c2)CC1. The van der Waals surface area contributed by atoms with Gasteiger partial charge in [0.25, 0.3) is 5.91 Å². The van der Waals surface area contributed by atoms with Crippen LogP contribution in [0.2, 0.25) is 5.02 Å². The molecule has 0 saturated carbocycles. The van der Waals surface area contributed by atoms with Gasteiger partial charge in [0.15, 0.2) is 0 Å². The van der Waals surface area contributed by atoms with Crippen LogP contribution in [0.1, 0.15) is 15.9 Å². The number of benzene rings is 2. The highest BCUT2D eigenvalue weighted by Gasteiger charge is 2.23. The molecule has 3 rings (SSSR count). The molecule has 1 aliphatic rings. The second-order valence-electron chi connectivity index (χ2n) is 6.27. The molecule has 5 heteroatoms. The van der Waals surface area contributed by atoms with Crippen LogP contribution in [-0.4, -0.2) is 50.6 Å². The van der Waals surface area contributed by atoms with Crippen molar-refractivity contribution in [3.63, 3.8) is 0 Å². The first kappa shape index (κ1) is 17.8. The number of halogens is 1. The molecule has 0 aliphatic carbocycles. The Morgan fingerprint density at radius 1 is 1.08 bits per heavy atom. The van der Waals surface area contributed by atoms with Crippen LogP contribution in [0, 0.1) is 0 Å². The van der Waals surface area contributed by atoms with E-state index >= 15 is 0 Å². The molecule has 4 nitrogen and oxygen atoms in total. The van der Waals surface area contributed by atoms with Crippen molar-refractivity contribution in [2.24, 2.45) is 0 Å². The van der Waals surface area contributed by atoms with E-state index in [1.165, 1.54) is 0 Å². The van der Waals surface area contributed by atoms with E-state index in [9.17, 15) is 4.79 Å². The molecule has 1 N–H and O–H groups in total. The third-order valence-electron chi connectivity index (χ3n) is 4.63. The molecule has 0 atom stereocenters. The van der Waals surface area contributed by atoms with Gasteiger partial charge in [-0.3, -0.25) is 4.79 Å². The van der Waals surface area contributed by atoms with E-state index in [1.807, 2.05) is 54.4 Å². The predicted octanol–water partition coefficient (Wildman–Crippen LogP) is 3.06. The van der Waals surface area contributed by atoms with E-state index in [-0.39, 0.29) is 5.91 Å². The standard InChI is InChI=1S/C20H24ClN3O/c1-22-10-9-16-5-2-3-8-19(16)20(25)24-13-11-23(12-14-24)18-7-4-6-17(21)15-18/h2-8,15,22H,9-14H2,1H3. The Balaban J connectivity index is 1.66. The number of likely N-dealkylation sites (N-methyl/N-ethyl adjacent to an activating group) is 1. The second kappa shape index (κ2) is 8.37. The maximum Gasteiger partial charge on any atom is 0.254 e. The quantitative estimate of drug-likeness (QED) is 0.893. The maximum absolute atomic E-state index is 12.9. The minimum atomic E-state index is 0.137. The van der Waals surface area contributed by atoms with Gasteiger partial charge in [0.2, 0.25) is 0 Å². The van der Waals surface area contributed by atoms with Crippen molar-refractivity contribution in [2.75, 3.05) is 44.7 Å². The summed E-state index contributed by atoms with van der Waals surface area (Å²) in [5.41, 5.74) is 3.06. The van der Waals surface area contributed by atoms with Gasteiger partial charge in [-0.2, -0.15) is 0 Å². The van der Waals surface area contributed by atoms with Gasteiger partial charge in [-0.05, 0) is 49.8 Å². The highest BCUT2D eigenvalue weighted by atomic mass is 35.5. The molecule has 0 aromatic heterocycles. The van der Waals surface area contributed by atoms with Crippen molar-refractivity contribution in [3.05, 3.63) is 64.7 Å². The summed E-state index contributed by atoms with van der Waals surface area (Å²) in [6.45, 7) is 3.97. The predicted molar refractivity (Wildman–Crippen MR) is 104 cm³/mol. The molecule has 1 aliphatic heterocycles. The van der Waals surface area contributed by atoms with Crippen LogP contribution in [-0.2, 0) is 6.42 Å². The van der Waals surface area contributed by atoms with Crippen molar-refractivity contribution in [1.82, 2.24) is 10.2 Å². The maximum atomic E-state index is 12.9. The third-order valence-corrected chi connectivity index (χ3v) is 4.87. The minimum absolute atomic E-state index is 0.137. The normalized spacial score (nSPS) is 14.6. The fourth-order valence-electron chi connectivity index (χ4n) is 3.22. The molecule has 2 aromatic carbocycles. The molecule has 0 unspecified atom stereocenters. The Morgan fingerprint density at radius 3 is 2.56 bits per heavy atom. The van der Waals surface area contributed by atoms with Gasteiger partial charge in [-0.25, -0.2) is 0 Å². The number of carbonyl (C=O) groups is 1. The molecule has 0 spiro atoms. The van der Waals surface area contributed by atoms with E-state index < -0.39 is 0 Å². The summed E-state index contributed by atoms with van der Waals surface area (Å²) in [5, 5.41) is 3.89. The highest BCUT2D eigenvalue weighted by Crippen LogP contribution is 2.21. The lowest BCUT2D eigenvalue weighted by Crippen LogP contribution is -2.49. The molecule has 2 aromatic rings. The summed E-state index contributed by atoms with van der Waals surface area (Å²) in [6, 6.07) is 15.8. The van der Waals surface area contributed by atoms with Crippen LogP contribution in [0.5, 0.6) is 0 Å². The van der Waals surface area contributed by atoms with E-state index in [0.29, 0.717) is 0 Å². The number of nitrogens with one attached hydrogen (secondary N) is 1. The summed E-state index contributed by atoms with van der Waals surface area (Å²) in [4.78, 5) is 17.2. The highest BCUT2D eigenvalue weighted by molar-refractivity contribution is 6.30. The zero-order chi connectivity index (χ0) is 17.6. The molecular weight excluding hydrogens is 334 g/mol. The van der Waals surface area contributed by atoms with Gasteiger partial charge in [-0.15, -0.1) is 0 Å². The summed E-state index contributed by atoms with van der Waals surface area (Å²) in [6.07, 6.45) is 0.862. The number of nitrogens with zero attached hydrogens (tertiary/aromatic N) is 2. The lowest BCUT2D eigenvalue weighted by atomic mass is 10.0. The van der Waals surface area contributed by atoms with Gasteiger partial charge in [0.05, 0.1) is 0 Å². The summed E-state index contributed by atoms with van der Waals surface area (Å²) in [5.74, 6) is 0.137. The van der Waals surface area contributed by atoms with E-state index in [1.54, 1.807) is 0 Å². The van der Waals surface area contributed by atoms with E-state index in [4.69, 9.17) is 11.6 Å². The average Bonchev–Trinajstić information content (AvgIpc) is 2.66. The van der Waals surface area contributed by atoms with Crippen molar-refractivity contribution in [2.45, 2.75) is 6.42 Å². The number of hydrogen-bond donors (Lipinski definition) is 1. The van der Waals surface area contributed by atoms with Crippen LogP contribution in [0.3, 0.4) is 0 Å². The molecule has 0 radical (unpaired) electrons. The molecular formula is C20H24ClN3O. The van der Waals surface area contributed by atoms with Crippen LogP contribution < -0.4 is 10.2 Å². The van der Waals surface area contributed by atoms with Crippen LogP contribution in [0.4, 0.5) is 5.69 Å². The number of amides is 1. The molecule has 1 amide bonds. The van der Waals surface area contributed by atoms with Crippen molar-refractivity contribution in [3.8, 4) is 0 Å². The Labute approximate surface area is 154 Å². The molecule has 0 bridgehead atoms. The summed E-state index contributed by atoms with van der Waals surface area (Å²) < 4.78 is 0. The number of rotatable bonds is 5. The van der Waals surface area contributed by atoms with Crippen molar-refractivity contribution < 1.29 is 4.79 Å². The lowest BCUT2D eigenvalue weighted by molar-refractivity contribution is 0.0745. The van der Waals surface area contributed by atoms with Crippen molar-refractivity contribution in [1.29, 1.82) is 0 Å². The third kappa shape index (κ3) is 4.33. The zero-order valence-electron chi connectivity index (χ0n) is 14.5. The fourth-order valence-corrected chi connectivity index (χ4v) is 3.40. The number of anilines is 1. The fraction of sp³-hybridized carbons (Fsp3) is 0.350. The molecule has 1 heterocycles. The van der Waals surface area contributed by atoms with Gasteiger partial charge in [0, 0.05) is 42.5 Å². The van der Waals surface area contributed by atoms with Gasteiger partial charge in [0.1, 0.15) is 0 Å². The molecule has 1 fully saturated rings. The molecule has 132 valence electrons. The zero-order valence-corrected chi connectivity index (χ0v) is 15.3. The Kier molecular flexibility index (Phi) is 5.95. The number of piperazine rings is 1. The largest absolute Gasteiger partial charge is 0.368 e. The topological polar surface area (TPSA) is 35.6 Å². The number of hydrogen-bond acceptors (Lipinski definition) is 3. The smallest absolute Gasteiger partial charge is 0.254 e. The summed E-state index contributed by atoms with van der Waals surface area (Å²) in [7, 11) is 1.93. The Hall–Kier alpha value is -2.04. The van der Waals surface area contributed by atoms with Crippen LogP contribution >= 0.6 is 11.6 Å². The number of carbonyl (C=O) groups excluding carboxylic acids is 1. The van der Waals surface area contributed by atoms with Gasteiger partial charge < -0.3 is 15.1 Å². The van der Waals surface area contributed by atoms with Crippen LogP contribution in [0.15, 0.2) is 48.5 Å². The van der Waals surface area contributed by atoms with E-state index in [0.717, 1.165) is 61.0 Å². The van der Waals surface area contributed by atoms with Crippen molar-refractivity contribution >= 4 is 23.2 Å². The Bertz CT molecular complexity index is 726. The van der Waals surface area contributed by atoms with Crippen LogP contribution in [0.25, 0.3) is 0 Å². The molecule has 25 heavy (non-hydrogen) atoms. The Morgan fingerprint density at radius 2 is 1.84 bits per heavy atom. The first-order valence-electron chi connectivity index (χ1n) is 8.71. The average molecular weight is 358 g/mol. The monoisotopic (exact) mass is 357 g/mol. The first-order valence-corrected chi connectivity index (χ1v) is 9.09. The first-order chi connectivity index (χ1) is 12.2. The van der Waals surface area contributed by atoms with E-state index in [2.05, 4.69) is 16.3 Å². The van der Waals surface area contributed by atoms with Gasteiger partial charge in [-0.1, -0.05) is 35.9 Å². The molecule has 1 saturated heterocycles. The minimum Gasteiger partial charge on any atom is -0.368 e. The second-order valence-corrected chi connectivity index (χ2v) is 6.71.